The molecule has 7 heteroatoms. The Labute approximate surface area is 165 Å². The van der Waals surface area contributed by atoms with E-state index in [0.29, 0.717) is 29.6 Å². The first-order chi connectivity index (χ1) is 13.4. The first-order valence-electron chi connectivity index (χ1n) is 9.42. The largest absolute Gasteiger partial charge is 0.454 e. The van der Waals surface area contributed by atoms with E-state index in [-0.39, 0.29) is 19.3 Å². The molecule has 150 valence electrons. The van der Waals surface area contributed by atoms with E-state index in [1.54, 1.807) is 12.1 Å². The molecule has 0 bridgehead atoms. The molecular weight excluding hydrogens is 378 g/mol. The third kappa shape index (κ3) is 2.98. The minimum absolute atomic E-state index is 0.176. The Bertz CT molecular complexity index is 973. The van der Waals surface area contributed by atoms with Crippen molar-refractivity contribution in [3.05, 3.63) is 53.6 Å². The van der Waals surface area contributed by atoms with Gasteiger partial charge in [0.15, 0.2) is 21.3 Å². The molecule has 0 aromatic heterocycles. The minimum Gasteiger partial charge on any atom is -0.454 e. The predicted molar refractivity (Wildman–Crippen MR) is 105 cm³/mol. The van der Waals surface area contributed by atoms with E-state index in [1.165, 1.54) is 0 Å². The zero-order chi connectivity index (χ0) is 19.9. The summed E-state index contributed by atoms with van der Waals surface area (Å²) in [5, 5.41) is -0.639. The second-order valence-corrected chi connectivity index (χ2v) is 9.51. The summed E-state index contributed by atoms with van der Waals surface area (Å²) in [4.78, 5) is 0.320. The molecule has 2 aliphatic rings. The lowest BCUT2D eigenvalue weighted by Crippen LogP contribution is -2.29. The Morgan fingerprint density at radius 1 is 1.14 bits per heavy atom. The van der Waals surface area contributed by atoms with E-state index in [2.05, 4.69) is 0 Å². The smallest absolute Gasteiger partial charge is 0.231 e. The van der Waals surface area contributed by atoms with Crippen molar-refractivity contribution >= 4 is 9.84 Å². The van der Waals surface area contributed by atoms with Crippen LogP contribution in [0, 0.1) is 12.3 Å². The van der Waals surface area contributed by atoms with E-state index < -0.39 is 20.5 Å². The van der Waals surface area contributed by atoms with Gasteiger partial charge in [-0.3, -0.25) is 0 Å². The molecule has 2 aromatic carbocycles. The van der Waals surface area contributed by atoms with Gasteiger partial charge in [-0.05, 0) is 43.7 Å². The van der Waals surface area contributed by atoms with E-state index in [9.17, 15) is 8.42 Å². The molecule has 2 aromatic rings. The van der Waals surface area contributed by atoms with Crippen molar-refractivity contribution in [3.63, 3.8) is 0 Å². The van der Waals surface area contributed by atoms with Crippen LogP contribution in [0.15, 0.2) is 47.4 Å². The molecule has 28 heavy (non-hydrogen) atoms. The second kappa shape index (κ2) is 7.06. The first-order valence-corrected chi connectivity index (χ1v) is 11.0. The van der Waals surface area contributed by atoms with Crippen LogP contribution in [0.5, 0.6) is 11.5 Å². The van der Waals surface area contributed by atoms with Crippen molar-refractivity contribution in [2.24, 2.45) is 11.1 Å². The van der Waals surface area contributed by atoms with Crippen LogP contribution in [0.2, 0.25) is 0 Å². The van der Waals surface area contributed by atoms with Crippen molar-refractivity contribution in [2.75, 3.05) is 26.6 Å². The molecule has 2 N–H and O–H groups in total. The summed E-state index contributed by atoms with van der Waals surface area (Å²) >= 11 is 0. The number of fused-ring (bicyclic) bond motifs is 1. The van der Waals surface area contributed by atoms with Crippen LogP contribution in [0.3, 0.4) is 0 Å². The number of rotatable bonds is 7. The summed E-state index contributed by atoms with van der Waals surface area (Å²) in [5.74, 6) is 1.05. The highest BCUT2D eigenvalue weighted by Crippen LogP contribution is 2.64. The summed E-state index contributed by atoms with van der Waals surface area (Å²) in [7, 11) is -3.58. The van der Waals surface area contributed by atoms with Crippen LogP contribution >= 0.6 is 0 Å². The Morgan fingerprint density at radius 3 is 2.54 bits per heavy atom. The summed E-state index contributed by atoms with van der Waals surface area (Å²) in [6, 6.07) is 12.6. The molecule has 1 aliphatic carbocycles. The van der Waals surface area contributed by atoms with Gasteiger partial charge < -0.3 is 19.9 Å². The fourth-order valence-electron chi connectivity index (χ4n) is 4.20. The van der Waals surface area contributed by atoms with Gasteiger partial charge in [0.2, 0.25) is 6.79 Å². The number of hydrogen-bond acceptors (Lipinski definition) is 6. The number of nitrogens with two attached hydrogens (primary N) is 1. The molecule has 0 saturated heterocycles. The Balaban J connectivity index is 1.75. The van der Waals surface area contributed by atoms with Gasteiger partial charge in [0, 0.05) is 24.5 Å². The maximum atomic E-state index is 13.5. The molecule has 4 rings (SSSR count). The van der Waals surface area contributed by atoms with Crippen molar-refractivity contribution in [1.82, 2.24) is 0 Å². The van der Waals surface area contributed by atoms with Crippen LogP contribution < -0.4 is 15.2 Å². The quantitative estimate of drug-likeness (QED) is 0.765. The third-order valence-corrected chi connectivity index (χ3v) is 8.11. The Kier molecular flexibility index (Phi) is 4.85. The molecule has 1 saturated carbocycles. The van der Waals surface area contributed by atoms with Gasteiger partial charge in [0.25, 0.3) is 0 Å². The molecule has 1 aliphatic heterocycles. The monoisotopic (exact) mass is 403 g/mol. The fourth-order valence-corrected chi connectivity index (χ4v) is 6.64. The summed E-state index contributed by atoms with van der Waals surface area (Å²) in [6.07, 6.45) is 0. The average Bonchev–Trinajstić information content (AvgIpc) is 3.15. The van der Waals surface area contributed by atoms with Gasteiger partial charge in [-0.1, -0.05) is 23.8 Å². The average molecular weight is 404 g/mol. The molecule has 3 atom stereocenters. The van der Waals surface area contributed by atoms with Gasteiger partial charge in [-0.2, -0.15) is 0 Å². The van der Waals surface area contributed by atoms with E-state index in [4.69, 9.17) is 19.9 Å². The second-order valence-electron chi connectivity index (χ2n) is 7.44. The van der Waals surface area contributed by atoms with Crippen LogP contribution in [-0.4, -0.2) is 40.2 Å². The predicted octanol–water partition coefficient (Wildman–Crippen LogP) is 2.65. The lowest BCUT2D eigenvalue weighted by atomic mass is 9.99. The standard InChI is InChI=1S/C21H25NO5S/c1-3-25-12-21(11-22)19(15-6-9-17-18(10-15)27-13-26-17)20(21)28(23,24)16-7-4-14(2)5-8-16/h4-10,19-20H,3,11-13,22H2,1-2H3/t19-,20+,21+/m1/s1. The van der Waals surface area contributed by atoms with Crippen molar-refractivity contribution in [1.29, 1.82) is 0 Å². The number of ether oxygens (including phenoxy) is 3. The number of sulfone groups is 1. The number of hydrogen-bond donors (Lipinski definition) is 1. The van der Waals surface area contributed by atoms with Crippen molar-refractivity contribution in [2.45, 2.75) is 29.9 Å². The Hall–Kier alpha value is -2.09. The maximum absolute atomic E-state index is 13.5. The summed E-state index contributed by atoms with van der Waals surface area (Å²) in [6.45, 7) is 5.03. The normalized spacial score (nSPS) is 25.7. The van der Waals surface area contributed by atoms with Gasteiger partial charge in [-0.15, -0.1) is 0 Å². The van der Waals surface area contributed by atoms with Gasteiger partial charge in [0.05, 0.1) is 16.8 Å². The van der Waals surface area contributed by atoms with E-state index in [0.717, 1.165) is 11.1 Å². The van der Waals surface area contributed by atoms with Crippen LogP contribution in [0.4, 0.5) is 0 Å². The van der Waals surface area contributed by atoms with Gasteiger partial charge >= 0.3 is 0 Å². The molecular formula is C21H25NO5S. The Morgan fingerprint density at radius 2 is 1.86 bits per heavy atom. The SMILES string of the molecule is CCOC[C@@]1(CN)[C@H](c2ccc3c(c2)OCO3)[C@@H]1S(=O)(=O)c1ccc(C)cc1. The van der Waals surface area contributed by atoms with E-state index >= 15 is 0 Å². The number of aryl methyl sites for hydroxylation is 1. The topological polar surface area (TPSA) is 87.8 Å². The third-order valence-electron chi connectivity index (χ3n) is 5.77. The molecule has 0 spiro atoms. The number of benzene rings is 2. The van der Waals surface area contributed by atoms with Crippen LogP contribution in [-0.2, 0) is 14.6 Å². The van der Waals surface area contributed by atoms with Crippen LogP contribution in [0.1, 0.15) is 24.0 Å². The molecule has 1 fully saturated rings. The summed E-state index contributed by atoms with van der Waals surface area (Å²) in [5.41, 5.74) is 7.38. The van der Waals surface area contributed by atoms with Crippen LogP contribution in [0.25, 0.3) is 0 Å². The maximum Gasteiger partial charge on any atom is 0.231 e. The van der Waals surface area contributed by atoms with Gasteiger partial charge in [0.1, 0.15) is 0 Å². The minimum atomic E-state index is -3.58. The van der Waals surface area contributed by atoms with Crippen molar-refractivity contribution in [3.8, 4) is 11.5 Å². The molecule has 6 nitrogen and oxygen atoms in total. The zero-order valence-corrected chi connectivity index (χ0v) is 16.9. The summed E-state index contributed by atoms with van der Waals surface area (Å²) < 4.78 is 43.5. The molecule has 0 radical (unpaired) electrons. The van der Waals surface area contributed by atoms with Crippen molar-refractivity contribution < 1.29 is 22.6 Å². The highest BCUT2D eigenvalue weighted by atomic mass is 32.2. The zero-order valence-electron chi connectivity index (χ0n) is 16.1. The molecule has 0 amide bonds. The lowest BCUT2D eigenvalue weighted by Gasteiger charge is -2.16. The first kappa shape index (κ1) is 19.2. The molecule has 0 unspecified atom stereocenters. The molecule has 1 heterocycles. The van der Waals surface area contributed by atoms with Gasteiger partial charge in [-0.25, -0.2) is 8.42 Å². The lowest BCUT2D eigenvalue weighted by molar-refractivity contribution is 0.101. The highest BCUT2D eigenvalue weighted by Gasteiger charge is 2.70. The fraction of sp³-hybridized carbons (Fsp3) is 0.429. The highest BCUT2D eigenvalue weighted by molar-refractivity contribution is 7.92. The van der Waals surface area contributed by atoms with E-state index in [1.807, 2.05) is 44.2 Å².